The van der Waals surface area contributed by atoms with Crippen LogP contribution in [0.3, 0.4) is 0 Å². The number of hydrogen-bond donors (Lipinski definition) is 2. The molecule has 0 saturated carbocycles. The van der Waals surface area contributed by atoms with E-state index < -0.39 is 0 Å². The Bertz CT molecular complexity index is 557. The summed E-state index contributed by atoms with van der Waals surface area (Å²) in [4.78, 5) is 0. The number of benzene rings is 2. The predicted octanol–water partition coefficient (Wildman–Crippen LogP) is 3.91. The number of hydrogen-bond acceptors (Lipinski definition) is 2. The second-order valence-corrected chi connectivity index (χ2v) is 6.22. The molecule has 0 aliphatic carbocycles. The average molecular weight is 417 g/mol. The second-order valence-electron chi connectivity index (χ2n) is 4.12. The van der Waals surface area contributed by atoms with E-state index >= 15 is 0 Å². The van der Waals surface area contributed by atoms with E-state index in [1.165, 1.54) is 14.7 Å². The van der Waals surface area contributed by atoms with Crippen molar-refractivity contribution in [3.63, 3.8) is 0 Å². The quantitative estimate of drug-likeness (QED) is 0.452. The summed E-state index contributed by atoms with van der Waals surface area (Å²) in [6.07, 6.45) is 0. The number of nitrogens with two attached hydrogens (primary N) is 1. The van der Waals surface area contributed by atoms with E-state index in [2.05, 4.69) is 81.2 Å². The zero-order valence-electron chi connectivity index (χ0n) is 9.95. The van der Waals surface area contributed by atoms with Crippen molar-refractivity contribution >= 4 is 38.5 Å². The van der Waals surface area contributed by atoms with Gasteiger partial charge in [0, 0.05) is 8.04 Å². The van der Waals surface area contributed by atoms with Gasteiger partial charge in [0.1, 0.15) is 0 Å². The molecule has 0 saturated heterocycles. The first-order chi connectivity index (χ1) is 8.63. The summed E-state index contributed by atoms with van der Waals surface area (Å²) >= 11 is 5.91. The summed E-state index contributed by atoms with van der Waals surface area (Å²) in [5.74, 6) is 5.75. The van der Waals surface area contributed by atoms with Crippen LogP contribution in [0.5, 0.6) is 0 Å². The van der Waals surface area contributed by atoms with Crippen LogP contribution in [0.2, 0.25) is 0 Å². The highest BCUT2D eigenvalue weighted by Crippen LogP contribution is 2.30. The van der Waals surface area contributed by atoms with Crippen LogP contribution in [-0.4, -0.2) is 0 Å². The van der Waals surface area contributed by atoms with Crippen LogP contribution >= 0.6 is 38.5 Å². The Labute approximate surface area is 129 Å². The minimum absolute atomic E-state index is 0.00436. The van der Waals surface area contributed by atoms with Gasteiger partial charge in [-0.15, -0.1) is 0 Å². The minimum atomic E-state index is -0.00436. The molecule has 2 rings (SSSR count). The highest BCUT2D eigenvalue weighted by atomic mass is 127. The van der Waals surface area contributed by atoms with Crippen molar-refractivity contribution in [1.82, 2.24) is 5.43 Å². The molecule has 94 valence electrons. The van der Waals surface area contributed by atoms with E-state index in [-0.39, 0.29) is 6.04 Å². The Kier molecular flexibility index (Phi) is 4.77. The maximum Gasteiger partial charge on any atom is 0.0723 e. The molecule has 0 spiro atoms. The largest absolute Gasteiger partial charge is 0.271 e. The molecule has 0 amide bonds. The first-order valence-corrected chi connectivity index (χ1v) is 7.47. The van der Waals surface area contributed by atoms with E-state index in [1.807, 2.05) is 12.1 Å². The van der Waals surface area contributed by atoms with Gasteiger partial charge in [0.15, 0.2) is 0 Å². The lowest BCUT2D eigenvalue weighted by Gasteiger charge is -2.20. The van der Waals surface area contributed by atoms with E-state index in [4.69, 9.17) is 5.84 Å². The molecule has 2 nitrogen and oxygen atoms in total. The summed E-state index contributed by atoms with van der Waals surface area (Å²) < 4.78 is 2.26. The van der Waals surface area contributed by atoms with Gasteiger partial charge >= 0.3 is 0 Å². The number of nitrogens with one attached hydrogen (secondary N) is 1. The average Bonchev–Trinajstić information content (AvgIpc) is 2.36. The molecule has 1 atom stereocenters. The third-order valence-electron chi connectivity index (χ3n) is 2.94. The van der Waals surface area contributed by atoms with Gasteiger partial charge < -0.3 is 0 Å². The summed E-state index contributed by atoms with van der Waals surface area (Å²) in [6, 6.07) is 14.5. The molecule has 0 bridgehead atoms. The highest BCUT2D eigenvalue weighted by Gasteiger charge is 2.17. The normalized spacial score (nSPS) is 12.4. The van der Waals surface area contributed by atoms with Crippen molar-refractivity contribution in [2.75, 3.05) is 0 Å². The fraction of sp³-hybridized carbons (Fsp3) is 0.143. The lowest BCUT2D eigenvalue weighted by molar-refractivity contribution is 0.631. The van der Waals surface area contributed by atoms with E-state index in [0.717, 1.165) is 10.0 Å². The zero-order chi connectivity index (χ0) is 13.1. The van der Waals surface area contributed by atoms with Crippen molar-refractivity contribution < 1.29 is 0 Å². The van der Waals surface area contributed by atoms with Crippen molar-refractivity contribution in [3.05, 3.63) is 67.2 Å². The summed E-state index contributed by atoms with van der Waals surface area (Å²) in [5, 5.41) is 0. The van der Waals surface area contributed by atoms with E-state index in [9.17, 15) is 0 Å². The lowest BCUT2D eigenvalue weighted by Crippen LogP contribution is -2.29. The molecule has 18 heavy (non-hydrogen) atoms. The van der Waals surface area contributed by atoms with Crippen LogP contribution in [0.1, 0.15) is 22.7 Å². The van der Waals surface area contributed by atoms with Gasteiger partial charge in [-0.1, -0.05) is 40.2 Å². The molecule has 0 aliphatic heterocycles. The first kappa shape index (κ1) is 14.0. The number of aryl methyl sites for hydroxylation is 1. The maximum atomic E-state index is 5.75. The van der Waals surface area contributed by atoms with Gasteiger partial charge in [-0.05, 0) is 64.4 Å². The molecule has 4 heteroatoms. The zero-order valence-corrected chi connectivity index (χ0v) is 13.7. The summed E-state index contributed by atoms with van der Waals surface area (Å²) in [5.41, 5.74) is 6.49. The van der Waals surface area contributed by atoms with Crippen molar-refractivity contribution in [2.45, 2.75) is 13.0 Å². The smallest absolute Gasteiger partial charge is 0.0723 e. The Hall–Kier alpha value is -0.430. The molecule has 0 radical (unpaired) electrons. The van der Waals surface area contributed by atoms with Crippen LogP contribution < -0.4 is 11.3 Å². The van der Waals surface area contributed by atoms with Crippen LogP contribution in [0.25, 0.3) is 0 Å². The Morgan fingerprint density at radius 3 is 2.56 bits per heavy atom. The highest BCUT2D eigenvalue weighted by molar-refractivity contribution is 14.1. The van der Waals surface area contributed by atoms with Gasteiger partial charge in [-0.25, -0.2) is 5.43 Å². The Balaban J connectivity index is 2.52. The maximum absolute atomic E-state index is 5.75. The number of rotatable bonds is 3. The molecule has 1 unspecified atom stereocenters. The van der Waals surface area contributed by atoms with Crippen LogP contribution in [0.15, 0.2) is 46.9 Å². The van der Waals surface area contributed by atoms with Gasteiger partial charge in [-0.2, -0.15) is 0 Å². The van der Waals surface area contributed by atoms with E-state index in [0.29, 0.717) is 0 Å². The molecular weight excluding hydrogens is 403 g/mol. The molecule has 2 aromatic carbocycles. The second kappa shape index (κ2) is 6.14. The van der Waals surface area contributed by atoms with Crippen LogP contribution in [0.4, 0.5) is 0 Å². The standard InChI is InChI=1S/C14H14BrIN2/c1-9-4-2-3-5-11(9)14(18-17)12-8-10(16)6-7-13(12)15/h2-8,14,18H,17H2,1H3. The molecule has 0 aliphatic rings. The Morgan fingerprint density at radius 2 is 1.89 bits per heavy atom. The van der Waals surface area contributed by atoms with E-state index in [1.54, 1.807) is 0 Å². The molecular formula is C14H14BrIN2. The minimum Gasteiger partial charge on any atom is -0.271 e. The fourth-order valence-electron chi connectivity index (χ4n) is 1.99. The topological polar surface area (TPSA) is 38.0 Å². The molecule has 0 heterocycles. The van der Waals surface area contributed by atoms with Gasteiger partial charge in [0.2, 0.25) is 0 Å². The summed E-state index contributed by atoms with van der Waals surface area (Å²) in [7, 11) is 0. The fourth-order valence-corrected chi connectivity index (χ4v) is 2.98. The third-order valence-corrected chi connectivity index (χ3v) is 4.33. The first-order valence-electron chi connectivity index (χ1n) is 5.60. The molecule has 0 aromatic heterocycles. The Morgan fingerprint density at radius 1 is 1.17 bits per heavy atom. The van der Waals surface area contributed by atoms with Crippen molar-refractivity contribution in [2.24, 2.45) is 5.84 Å². The predicted molar refractivity (Wildman–Crippen MR) is 87.2 cm³/mol. The van der Waals surface area contributed by atoms with Gasteiger partial charge in [0.25, 0.3) is 0 Å². The number of hydrazine groups is 1. The number of halogens is 2. The lowest BCUT2D eigenvalue weighted by atomic mass is 9.96. The summed E-state index contributed by atoms with van der Waals surface area (Å²) in [6.45, 7) is 2.10. The monoisotopic (exact) mass is 416 g/mol. The van der Waals surface area contributed by atoms with Crippen LogP contribution in [-0.2, 0) is 0 Å². The molecule has 0 fully saturated rings. The molecule has 3 N–H and O–H groups in total. The molecule has 2 aromatic rings. The third kappa shape index (κ3) is 2.93. The SMILES string of the molecule is Cc1ccccc1C(NN)c1cc(I)ccc1Br. The van der Waals surface area contributed by atoms with Crippen molar-refractivity contribution in [3.8, 4) is 0 Å². The van der Waals surface area contributed by atoms with Gasteiger partial charge in [0.05, 0.1) is 6.04 Å². The van der Waals surface area contributed by atoms with Gasteiger partial charge in [-0.3, -0.25) is 5.84 Å². The van der Waals surface area contributed by atoms with Crippen LogP contribution in [0, 0.1) is 10.5 Å². The van der Waals surface area contributed by atoms with Crippen molar-refractivity contribution in [1.29, 1.82) is 0 Å².